The van der Waals surface area contributed by atoms with Gasteiger partial charge in [0.1, 0.15) is 0 Å². The summed E-state index contributed by atoms with van der Waals surface area (Å²) in [5.74, 6) is -0.0695. The molecule has 18 heavy (non-hydrogen) atoms. The largest absolute Gasteiger partial charge is 0.347 e. The highest BCUT2D eigenvalue weighted by atomic mass is 32.1. The van der Waals surface area contributed by atoms with Gasteiger partial charge in [0.2, 0.25) is 0 Å². The maximum Gasteiger partial charge on any atom is 0.251 e. The zero-order valence-electron chi connectivity index (χ0n) is 9.51. The van der Waals surface area contributed by atoms with E-state index in [1.165, 1.54) is 0 Å². The third kappa shape index (κ3) is 2.12. The number of nitrogens with one attached hydrogen (secondary N) is 2. The van der Waals surface area contributed by atoms with E-state index in [4.69, 9.17) is 0 Å². The van der Waals surface area contributed by atoms with Crippen LogP contribution in [0.25, 0.3) is 10.9 Å². The molecule has 1 aromatic carbocycles. The highest BCUT2D eigenvalue weighted by molar-refractivity contribution is 7.09. The third-order valence-electron chi connectivity index (χ3n) is 2.71. The Morgan fingerprint density at radius 1 is 1.39 bits per heavy atom. The van der Waals surface area contributed by atoms with Crippen molar-refractivity contribution in [3.05, 3.63) is 52.3 Å². The van der Waals surface area contributed by atoms with E-state index in [0.717, 1.165) is 15.8 Å². The first-order chi connectivity index (χ1) is 8.83. The Balaban J connectivity index is 1.75. The number of carbonyl (C=O) groups is 1. The van der Waals surface area contributed by atoms with Crippen LogP contribution in [0.1, 0.15) is 15.2 Å². The lowest BCUT2D eigenvalue weighted by Gasteiger charge is -2.03. The molecule has 3 rings (SSSR count). The number of aromatic nitrogens is 2. The molecular formula is C13H11N3OS. The average molecular weight is 257 g/mol. The third-order valence-corrected chi connectivity index (χ3v) is 3.58. The van der Waals surface area contributed by atoms with Crippen LogP contribution in [0.4, 0.5) is 0 Å². The first-order valence-electron chi connectivity index (χ1n) is 5.56. The van der Waals surface area contributed by atoms with Crippen LogP contribution in [-0.4, -0.2) is 16.1 Å². The fraction of sp³-hybridized carbons (Fsp3) is 0.0769. The zero-order valence-corrected chi connectivity index (χ0v) is 10.3. The number of benzene rings is 1. The lowest BCUT2D eigenvalue weighted by Crippen LogP contribution is -2.22. The Kier molecular flexibility index (Phi) is 2.82. The molecule has 0 saturated heterocycles. The van der Waals surface area contributed by atoms with Gasteiger partial charge in [0.05, 0.1) is 18.3 Å². The summed E-state index contributed by atoms with van der Waals surface area (Å²) in [7, 11) is 0. The van der Waals surface area contributed by atoms with Crippen molar-refractivity contribution in [2.75, 3.05) is 0 Å². The van der Waals surface area contributed by atoms with Crippen LogP contribution in [0.3, 0.4) is 0 Å². The number of fused-ring (bicyclic) bond motifs is 1. The van der Waals surface area contributed by atoms with Crippen LogP contribution < -0.4 is 5.32 Å². The Morgan fingerprint density at radius 2 is 2.33 bits per heavy atom. The molecule has 2 heterocycles. The smallest absolute Gasteiger partial charge is 0.251 e. The van der Waals surface area contributed by atoms with Crippen LogP contribution in [0, 0.1) is 0 Å². The normalized spacial score (nSPS) is 10.7. The summed E-state index contributed by atoms with van der Waals surface area (Å²) in [5.41, 5.74) is 1.52. The van der Waals surface area contributed by atoms with E-state index >= 15 is 0 Å². The van der Waals surface area contributed by atoms with Gasteiger partial charge in [0.15, 0.2) is 0 Å². The number of aromatic amines is 1. The van der Waals surface area contributed by atoms with E-state index in [1.807, 2.05) is 35.7 Å². The molecule has 3 aromatic rings. The molecule has 0 atom stereocenters. The topological polar surface area (TPSA) is 57.8 Å². The summed E-state index contributed by atoms with van der Waals surface area (Å²) in [6.45, 7) is 0.567. The predicted molar refractivity (Wildman–Crippen MR) is 71.6 cm³/mol. The first-order valence-corrected chi connectivity index (χ1v) is 6.44. The van der Waals surface area contributed by atoms with E-state index in [9.17, 15) is 4.79 Å². The van der Waals surface area contributed by atoms with Gasteiger partial charge in [-0.1, -0.05) is 12.1 Å². The average Bonchev–Trinajstić information content (AvgIpc) is 3.05. The second kappa shape index (κ2) is 4.62. The van der Waals surface area contributed by atoms with Gasteiger partial charge in [-0.05, 0) is 23.6 Å². The van der Waals surface area contributed by atoms with Gasteiger partial charge in [0.25, 0.3) is 5.91 Å². The highest BCUT2D eigenvalue weighted by Gasteiger charge is 2.07. The van der Waals surface area contributed by atoms with Crippen LogP contribution in [0.2, 0.25) is 0 Å². The number of thiophene rings is 1. The van der Waals surface area contributed by atoms with Crippen LogP contribution in [0.5, 0.6) is 0 Å². The Bertz CT molecular complexity index is 672. The molecule has 90 valence electrons. The van der Waals surface area contributed by atoms with Crippen molar-refractivity contribution in [2.45, 2.75) is 6.54 Å². The fourth-order valence-corrected chi connectivity index (χ4v) is 2.41. The molecule has 5 heteroatoms. The standard InChI is InChI=1S/C13H11N3OS/c17-13(14-8-11-2-1-5-18-11)9-3-4-10-7-15-16-12(10)6-9/h1-7H,8H2,(H,14,17)(H,15,16). The molecule has 0 aliphatic carbocycles. The predicted octanol–water partition coefficient (Wildman–Crippen LogP) is 2.55. The van der Waals surface area contributed by atoms with Gasteiger partial charge in [-0.2, -0.15) is 5.10 Å². The van der Waals surface area contributed by atoms with Gasteiger partial charge in [-0.15, -0.1) is 11.3 Å². The first kappa shape index (κ1) is 11.0. The van der Waals surface area contributed by atoms with Crippen molar-refractivity contribution in [1.29, 1.82) is 0 Å². The van der Waals surface area contributed by atoms with E-state index in [1.54, 1.807) is 17.5 Å². The van der Waals surface area contributed by atoms with Crippen molar-refractivity contribution in [3.63, 3.8) is 0 Å². The molecule has 0 spiro atoms. The van der Waals surface area contributed by atoms with Crippen molar-refractivity contribution >= 4 is 28.1 Å². The summed E-state index contributed by atoms with van der Waals surface area (Å²) in [4.78, 5) is 13.1. The number of rotatable bonds is 3. The zero-order chi connectivity index (χ0) is 12.4. The van der Waals surface area contributed by atoms with Crippen LogP contribution in [-0.2, 0) is 6.54 Å². The van der Waals surface area contributed by atoms with Gasteiger partial charge in [-0.25, -0.2) is 0 Å². The number of carbonyl (C=O) groups excluding carboxylic acids is 1. The minimum Gasteiger partial charge on any atom is -0.347 e. The molecule has 0 fully saturated rings. The maximum absolute atomic E-state index is 12.0. The molecule has 2 N–H and O–H groups in total. The Labute approximate surface area is 108 Å². The number of hydrogen-bond acceptors (Lipinski definition) is 3. The lowest BCUT2D eigenvalue weighted by atomic mass is 10.1. The lowest BCUT2D eigenvalue weighted by molar-refractivity contribution is 0.0951. The number of nitrogens with zero attached hydrogens (tertiary/aromatic N) is 1. The molecule has 0 bridgehead atoms. The van der Waals surface area contributed by atoms with E-state index in [0.29, 0.717) is 12.1 Å². The number of H-pyrrole nitrogens is 1. The van der Waals surface area contributed by atoms with Gasteiger partial charge >= 0.3 is 0 Å². The van der Waals surface area contributed by atoms with Crippen molar-refractivity contribution in [2.24, 2.45) is 0 Å². The molecular weight excluding hydrogens is 246 g/mol. The molecule has 4 nitrogen and oxygen atoms in total. The summed E-state index contributed by atoms with van der Waals surface area (Å²) in [6, 6.07) is 9.48. The Morgan fingerprint density at radius 3 is 3.17 bits per heavy atom. The molecule has 2 aromatic heterocycles. The SMILES string of the molecule is O=C(NCc1cccs1)c1ccc2cn[nH]c2c1. The monoisotopic (exact) mass is 257 g/mol. The molecule has 0 aliphatic rings. The van der Waals surface area contributed by atoms with Crippen molar-refractivity contribution in [3.8, 4) is 0 Å². The minimum absolute atomic E-state index is 0.0695. The van der Waals surface area contributed by atoms with Crippen LogP contribution in [0.15, 0.2) is 41.9 Å². The second-order valence-corrected chi connectivity index (χ2v) is 4.97. The molecule has 0 unspecified atom stereocenters. The van der Waals surface area contributed by atoms with Gasteiger partial charge in [0, 0.05) is 15.8 Å². The number of hydrogen-bond donors (Lipinski definition) is 2. The molecule has 0 radical (unpaired) electrons. The second-order valence-electron chi connectivity index (χ2n) is 3.93. The quantitative estimate of drug-likeness (QED) is 0.757. The summed E-state index contributed by atoms with van der Waals surface area (Å²) >= 11 is 1.63. The van der Waals surface area contributed by atoms with Crippen LogP contribution >= 0.6 is 11.3 Å². The molecule has 1 amide bonds. The maximum atomic E-state index is 12.0. The van der Waals surface area contributed by atoms with E-state index < -0.39 is 0 Å². The highest BCUT2D eigenvalue weighted by Crippen LogP contribution is 2.13. The van der Waals surface area contributed by atoms with Crippen molar-refractivity contribution in [1.82, 2.24) is 15.5 Å². The fourth-order valence-electron chi connectivity index (χ4n) is 1.76. The summed E-state index contributed by atoms with van der Waals surface area (Å²) in [6.07, 6.45) is 1.74. The van der Waals surface area contributed by atoms with E-state index in [2.05, 4.69) is 15.5 Å². The minimum atomic E-state index is -0.0695. The van der Waals surface area contributed by atoms with Crippen molar-refractivity contribution < 1.29 is 4.79 Å². The molecule has 0 aliphatic heterocycles. The number of amides is 1. The summed E-state index contributed by atoms with van der Waals surface area (Å²) < 4.78 is 0. The van der Waals surface area contributed by atoms with Gasteiger partial charge < -0.3 is 5.32 Å². The van der Waals surface area contributed by atoms with E-state index in [-0.39, 0.29) is 5.91 Å². The van der Waals surface area contributed by atoms with Gasteiger partial charge in [-0.3, -0.25) is 9.89 Å². The Hall–Kier alpha value is -2.14. The molecule has 0 saturated carbocycles. The summed E-state index contributed by atoms with van der Waals surface area (Å²) in [5, 5.41) is 12.7.